The summed E-state index contributed by atoms with van der Waals surface area (Å²) in [6, 6.07) is 8.67. The van der Waals surface area contributed by atoms with Crippen LogP contribution in [0.25, 0.3) is 11.4 Å². The number of benzene rings is 1. The molecule has 6 nitrogen and oxygen atoms in total. The van der Waals surface area contributed by atoms with Crippen molar-refractivity contribution in [3.05, 3.63) is 35.7 Å². The van der Waals surface area contributed by atoms with E-state index in [0.29, 0.717) is 5.92 Å². The molecular formula is C21H34N6. The Morgan fingerprint density at radius 2 is 1.67 bits per heavy atom. The van der Waals surface area contributed by atoms with Gasteiger partial charge in [-0.05, 0) is 40.2 Å². The minimum absolute atomic E-state index is 0.392. The van der Waals surface area contributed by atoms with Crippen LogP contribution in [-0.2, 0) is 13.1 Å². The Bertz CT molecular complexity index is 709. The van der Waals surface area contributed by atoms with Crippen molar-refractivity contribution in [2.75, 3.05) is 54.4 Å². The van der Waals surface area contributed by atoms with Crippen molar-refractivity contribution < 1.29 is 0 Å². The first-order valence-corrected chi connectivity index (χ1v) is 10.0. The molecule has 3 rings (SSSR count). The molecule has 27 heavy (non-hydrogen) atoms. The summed E-state index contributed by atoms with van der Waals surface area (Å²) >= 11 is 0. The summed E-state index contributed by atoms with van der Waals surface area (Å²) in [4.78, 5) is 12.0. The summed E-state index contributed by atoms with van der Waals surface area (Å²) in [5, 5.41) is 4.87. The molecular weight excluding hydrogens is 336 g/mol. The molecule has 1 fully saturated rings. The fourth-order valence-electron chi connectivity index (χ4n) is 3.78. The van der Waals surface area contributed by atoms with Gasteiger partial charge in [-0.25, -0.2) is 9.67 Å². The molecule has 0 aliphatic carbocycles. The van der Waals surface area contributed by atoms with Crippen molar-refractivity contribution in [3.8, 4) is 11.4 Å². The third kappa shape index (κ3) is 5.15. The summed E-state index contributed by atoms with van der Waals surface area (Å²) in [7, 11) is 8.60. The topological polar surface area (TPSA) is 40.4 Å². The molecule has 6 heteroatoms. The van der Waals surface area contributed by atoms with Crippen molar-refractivity contribution >= 4 is 0 Å². The average Bonchev–Trinajstić information content (AvgIpc) is 2.96. The normalized spacial score (nSPS) is 17.6. The first-order valence-electron chi connectivity index (χ1n) is 10.0. The van der Waals surface area contributed by atoms with E-state index in [0.717, 1.165) is 62.9 Å². The minimum Gasteiger partial charge on any atom is -0.305 e. The van der Waals surface area contributed by atoms with Crippen LogP contribution in [0.5, 0.6) is 0 Å². The van der Waals surface area contributed by atoms with Gasteiger partial charge in [0.2, 0.25) is 0 Å². The molecule has 0 atom stereocenters. The van der Waals surface area contributed by atoms with Crippen LogP contribution in [-0.4, -0.2) is 83.8 Å². The van der Waals surface area contributed by atoms with Gasteiger partial charge in [-0.15, -0.1) is 0 Å². The lowest BCUT2D eigenvalue weighted by Gasteiger charge is -2.20. The molecule has 0 saturated carbocycles. The second-order valence-corrected chi connectivity index (χ2v) is 8.17. The number of rotatable bonds is 6. The second kappa shape index (κ2) is 8.95. The number of hydrogen-bond donors (Lipinski definition) is 0. The molecule has 148 valence electrons. The monoisotopic (exact) mass is 370 g/mol. The molecule has 0 bridgehead atoms. The van der Waals surface area contributed by atoms with Gasteiger partial charge >= 0.3 is 0 Å². The quantitative estimate of drug-likeness (QED) is 0.781. The van der Waals surface area contributed by atoms with E-state index in [1.807, 2.05) is 0 Å². The van der Waals surface area contributed by atoms with Crippen LogP contribution in [0, 0.1) is 0 Å². The van der Waals surface area contributed by atoms with Gasteiger partial charge in [-0.3, -0.25) is 0 Å². The summed E-state index contributed by atoms with van der Waals surface area (Å²) < 4.78 is 2.14. The van der Waals surface area contributed by atoms with Gasteiger partial charge in [0.1, 0.15) is 5.82 Å². The van der Waals surface area contributed by atoms with E-state index in [1.165, 1.54) is 5.56 Å². The van der Waals surface area contributed by atoms with E-state index in [9.17, 15) is 0 Å². The Morgan fingerprint density at radius 3 is 2.22 bits per heavy atom. The van der Waals surface area contributed by atoms with Gasteiger partial charge < -0.3 is 14.7 Å². The first kappa shape index (κ1) is 20.0. The molecule has 2 aromatic rings. The van der Waals surface area contributed by atoms with Gasteiger partial charge in [0, 0.05) is 50.7 Å². The lowest BCUT2D eigenvalue weighted by molar-refractivity contribution is 0.320. The molecule has 0 amide bonds. The molecule has 1 aliphatic rings. The van der Waals surface area contributed by atoms with Gasteiger partial charge in [-0.2, -0.15) is 5.10 Å². The Morgan fingerprint density at radius 1 is 1.04 bits per heavy atom. The molecule has 0 spiro atoms. The highest BCUT2D eigenvalue weighted by Gasteiger charge is 2.26. The number of hydrogen-bond acceptors (Lipinski definition) is 5. The Hall–Kier alpha value is -1.76. The molecule has 1 aromatic carbocycles. The Kier molecular flexibility index (Phi) is 6.63. The van der Waals surface area contributed by atoms with E-state index in [4.69, 9.17) is 10.1 Å². The largest absolute Gasteiger partial charge is 0.305 e. The predicted octanol–water partition coefficient (Wildman–Crippen LogP) is 2.38. The summed E-state index contributed by atoms with van der Waals surface area (Å²) in [6.07, 6.45) is 1.07. The fraction of sp³-hybridized carbons (Fsp3) is 0.619. The highest BCUT2D eigenvalue weighted by molar-refractivity contribution is 5.55. The summed E-state index contributed by atoms with van der Waals surface area (Å²) in [6.45, 7) is 8.35. The lowest BCUT2D eigenvalue weighted by Crippen LogP contribution is -2.27. The zero-order valence-electron chi connectivity index (χ0n) is 17.5. The Labute approximate surface area is 163 Å². The average molecular weight is 371 g/mol. The molecule has 0 N–H and O–H groups in total. The minimum atomic E-state index is 0.392. The van der Waals surface area contributed by atoms with Crippen LogP contribution >= 0.6 is 0 Å². The van der Waals surface area contributed by atoms with Crippen molar-refractivity contribution in [2.45, 2.75) is 32.4 Å². The predicted molar refractivity (Wildman–Crippen MR) is 111 cm³/mol. The zero-order valence-corrected chi connectivity index (χ0v) is 17.5. The zero-order chi connectivity index (χ0) is 19.4. The van der Waals surface area contributed by atoms with Crippen LogP contribution in [0.2, 0.25) is 0 Å². The number of nitrogens with zero attached hydrogens (tertiary/aromatic N) is 6. The third-order valence-electron chi connectivity index (χ3n) is 5.14. The number of likely N-dealkylation sites (N-methyl/N-ethyl adjacent to an activating group) is 2. The third-order valence-corrected chi connectivity index (χ3v) is 5.14. The van der Waals surface area contributed by atoms with Crippen molar-refractivity contribution in [1.29, 1.82) is 0 Å². The van der Waals surface area contributed by atoms with Crippen molar-refractivity contribution in [2.24, 2.45) is 0 Å². The second-order valence-electron chi connectivity index (χ2n) is 8.17. The summed E-state index contributed by atoms with van der Waals surface area (Å²) in [5.41, 5.74) is 2.41. The molecule has 1 aromatic heterocycles. The molecule has 0 unspecified atom stereocenters. The van der Waals surface area contributed by atoms with Crippen LogP contribution < -0.4 is 0 Å². The lowest BCUT2D eigenvalue weighted by atomic mass is 10.1. The van der Waals surface area contributed by atoms with Gasteiger partial charge in [0.25, 0.3) is 0 Å². The van der Waals surface area contributed by atoms with Crippen molar-refractivity contribution in [1.82, 2.24) is 29.5 Å². The van der Waals surface area contributed by atoms with Crippen molar-refractivity contribution in [3.63, 3.8) is 0 Å². The van der Waals surface area contributed by atoms with Gasteiger partial charge in [0.05, 0.1) is 0 Å². The van der Waals surface area contributed by atoms with Crippen LogP contribution in [0.3, 0.4) is 0 Å². The van der Waals surface area contributed by atoms with E-state index >= 15 is 0 Å². The maximum atomic E-state index is 5.01. The van der Waals surface area contributed by atoms with Gasteiger partial charge in [-0.1, -0.05) is 31.2 Å². The van der Waals surface area contributed by atoms with E-state index in [1.54, 1.807) is 0 Å². The standard InChI is InChI=1S/C21H34N6/c1-6-11-27-21(19-15-25(4)12-13-26(5)16-19)22-20(23-27)18-9-7-17(8-10-18)14-24(2)3/h7-10,19H,6,11-16H2,1-5H3. The SMILES string of the molecule is CCCn1nc(-c2ccc(CN(C)C)cc2)nc1C1CN(C)CCN(C)C1. The molecule has 0 radical (unpaired) electrons. The molecule has 1 aliphatic heterocycles. The van der Waals surface area contributed by atoms with Crippen LogP contribution in [0.4, 0.5) is 0 Å². The van der Waals surface area contributed by atoms with E-state index in [-0.39, 0.29) is 0 Å². The highest BCUT2D eigenvalue weighted by atomic mass is 15.4. The van der Waals surface area contributed by atoms with Crippen LogP contribution in [0.15, 0.2) is 24.3 Å². The molecule has 1 saturated heterocycles. The Balaban J connectivity index is 1.88. The van der Waals surface area contributed by atoms with E-state index < -0.39 is 0 Å². The maximum Gasteiger partial charge on any atom is 0.181 e. The number of aromatic nitrogens is 3. The maximum absolute atomic E-state index is 5.01. The van der Waals surface area contributed by atoms with Crippen LogP contribution in [0.1, 0.15) is 30.7 Å². The number of aryl methyl sites for hydroxylation is 1. The fourth-order valence-corrected chi connectivity index (χ4v) is 3.78. The summed E-state index contributed by atoms with van der Waals surface area (Å²) in [5.74, 6) is 2.37. The van der Waals surface area contributed by atoms with E-state index in [2.05, 4.69) is 78.8 Å². The smallest absolute Gasteiger partial charge is 0.181 e. The first-order chi connectivity index (χ1) is 13.0. The highest BCUT2D eigenvalue weighted by Crippen LogP contribution is 2.23. The molecule has 2 heterocycles. The van der Waals surface area contributed by atoms with Gasteiger partial charge in [0.15, 0.2) is 5.82 Å².